The van der Waals surface area contributed by atoms with Crippen LogP contribution in [0.4, 0.5) is 11.4 Å². The maximum atomic E-state index is 8.99. The predicted octanol–water partition coefficient (Wildman–Crippen LogP) is 3.32. The third-order valence-corrected chi connectivity index (χ3v) is 3.82. The molecule has 0 fully saturated rings. The lowest BCUT2D eigenvalue weighted by molar-refractivity contribution is 0.318. The SMILES string of the molecule is COc1ccccc1N(C)c1cccc(Br)c1/C(N)=N/O. The average Bonchev–Trinajstić information content (AvgIpc) is 2.53. The first-order chi connectivity index (χ1) is 10.1. The van der Waals surface area contributed by atoms with Crippen molar-refractivity contribution in [1.29, 1.82) is 0 Å². The van der Waals surface area contributed by atoms with Crippen LogP contribution in [0.2, 0.25) is 0 Å². The van der Waals surface area contributed by atoms with E-state index in [1.54, 1.807) is 7.11 Å². The summed E-state index contributed by atoms with van der Waals surface area (Å²) in [5, 5.41) is 12.1. The Morgan fingerprint density at radius 1 is 1.19 bits per heavy atom. The molecule has 110 valence electrons. The molecule has 2 rings (SSSR count). The van der Waals surface area contributed by atoms with Crippen molar-refractivity contribution in [1.82, 2.24) is 0 Å². The minimum absolute atomic E-state index is 0.0409. The second-order valence-electron chi connectivity index (χ2n) is 4.35. The second-order valence-corrected chi connectivity index (χ2v) is 5.20. The van der Waals surface area contributed by atoms with E-state index >= 15 is 0 Å². The molecule has 21 heavy (non-hydrogen) atoms. The zero-order valence-electron chi connectivity index (χ0n) is 11.7. The number of para-hydroxylation sites is 2. The minimum atomic E-state index is 0.0409. The first kappa shape index (κ1) is 15.2. The summed E-state index contributed by atoms with van der Waals surface area (Å²) in [4.78, 5) is 1.93. The number of rotatable bonds is 4. The van der Waals surface area contributed by atoms with Crippen LogP contribution in [0.15, 0.2) is 52.1 Å². The van der Waals surface area contributed by atoms with Crippen molar-refractivity contribution >= 4 is 33.1 Å². The van der Waals surface area contributed by atoms with Gasteiger partial charge in [-0.05, 0) is 40.2 Å². The molecule has 2 aromatic carbocycles. The van der Waals surface area contributed by atoms with Gasteiger partial charge in [0.1, 0.15) is 5.75 Å². The van der Waals surface area contributed by atoms with E-state index in [0.29, 0.717) is 5.56 Å². The predicted molar refractivity (Wildman–Crippen MR) is 87.7 cm³/mol. The van der Waals surface area contributed by atoms with Gasteiger partial charge < -0.3 is 20.6 Å². The number of halogens is 1. The normalized spacial score (nSPS) is 11.3. The molecule has 3 N–H and O–H groups in total. The van der Waals surface area contributed by atoms with Crippen molar-refractivity contribution in [2.24, 2.45) is 10.9 Å². The molecule has 0 saturated carbocycles. The first-order valence-electron chi connectivity index (χ1n) is 6.23. The van der Waals surface area contributed by atoms with E-state index in [1.165, 1.54) is 0 Å². The Morgan fingerprint density at radius 2 is 1.86 bits per heavy atom. The van der Waals surface area contributed by atoms with Crippen LogP contribution in [0.5, 0.6) is 5.75 Å². The summed E-state index contributed by atoms with van der Waals surface area (Å²) >= 11 is 3.44. The van der Waals surface area contributed by atoms with Crippen molar-refractivity contribution in [2.75, 3.05) is 19.1 Å². The maximum absolute atomic E-state index is 8.99. The van der Waals surface area contributed by atoms with E-state index in [4.69, 9.17) is 15.7 Å². The molecule has 5 nitrogen and oxygen atoms in total. The maximum Gasteiger partial charge on any atom is 0.173 e. The molecule has 0 unspecified atom stereocenters. The Morgan fingerprint density at radius 3 is 2.52 bits per heavy atom. The van der Waals surface area contributed by atoms with Crippen molar-refractivity contribution in [2.45, 2.75) is 0 Å². The van der Waals surface area contributed by atoms with Gasteiger partial charge in [0.15, 0.2) is 5.84 Å². The van der Waals surface area contributed by atoms with Crippen LogP contribution in [0.1, 0.15) is 5.56 Å². The fraction of sp³-hybridized carbons (Fsp3) is 0.133. The fourth-order valence-corrected chi connectivity index (χ4v) is 2.69. The molecule has 0 bridgehead atoms. The number of benzene rings is 2. The van der Waals surface area contributed by atoms with Gasteiger partial charge in [0, 0.05) is 11.5 Å². The molecule has 0 aliphatic heterocycles. The van der Waals surface area contributed by atoms with Crippen molar-refractivity contribution in [3.63, 3.8) is 0 Å². The molecular formula is C15H16BrN3O2. The zero-order chi connectivity index (χ0) is 15.4. The van der Waals surface area contributed by atoms with Gasteiger partial charge in [-0.3, -0.25) is 0 Å². The lowest BCUT2D eigenvalue weighted by atomic mass is 10.1. The molecule has 0 radical (unpaired) electrons. The number of nitrogens with zero attached hydrogens (tertiary/aromatic N) is 2. The molecule has 2 aromatic rings. The van der Waals surface area contributed by atoms with Gasteiger partial charge in [0.25, 0.3) is 0 Å². The molecule has 6 heteroatoms. The van der Waals surface area contributed by atoms with E-state index < -0.39 is 0 Å². The fourth-order valence-electron chi connectivity index (χ4n) is 2.13. The Kier molecular flexibility index (Phi) is 4.70. The molecular weight excluding hydrogens is 334 g/mol. The van der Waals surface area contributed by atoms with Gasteiger partial charge in [0.2, 0.25) is 0 Å². The standard InChI is InChI=1S/C15H16BrN3O2/c1-19(11-7-3-4-9-13(11)21-2)12-8-5-6-10(16)14(12)15(17)18-20/h3-9,20H,1-2H3,(H2,17,18). The summed E-state index contributed by atoms with van der Waals surface area (Å²) < 4.78 is 6.13. The number of ether oxygens (including phenoxy) is 1. The highest BCUT2D eigenvalue weighted by Crippen LogP contribution is 2.36. The summed E-state index contributed by atoms with van der Waals surface area (Å²) in [6.07, 6.45) is 0. The lowest BCUT2D eigenvalue weighted by Gasteiger charge is -2.24. The van der Waals surface area contributed by atoms with E-state index in [2.05, 4.69) is 21.1 Å². The van der Waals surface area contributed by atoms with E-state index in [0.717, 1.165) is 21.6 Å². The summed E-state index contributed by atoms with van der Waals surface area (Å²) in [5.41, 5.74) is 8.09. The van der Waals surface area contributed by atoms with Gasteiger partial charge >= 0.3 is 0 Å². The molecule has 0 aliphatic carbocycles. The number of hydrogen-bond donors (Lipinski definition) is 2. The van der Waals surface area contributed by atoms with Crippen LogP contribution < -0.4 is 15.4 Å². The Hall–Kier alpha value is -2.21. The van der Waals surface area contributed by atoms with Crippen molar-refractivity contribution in [3.05, 3.63) is 52.5 Å². The van der Waals surface area contributed by atoms with Crippen LogP contribution in [0.25, 0.3) is 0 Å². The quantitative estimate of drug-likeness (QED) is 0.384. The van der Waals surface area contributed by atoms with Gasteiger partial charge in [-0.2, -0.15) is 0 Å². The molecule has 0 aromatic heterocycles. The number of hydrogen-bond acceptors (Lipinski definition) is 4. The smallest absolute Gasteiger partial charge is 0.173 e. The molecule has 0 heterocycles. The number of amidine groups is 1. The number of nitrogens with two attached hydrogens (primary N) is 1. The van der Waals surface area contributed by atoms with Crippen LogP contribution in [0, 0.1) is 0 Å². The summed E-state index contributed by atoms with van der Waals surface area (Å²) in [6, 6.07) is 13.3. The molecule has 0 amide bonds. The van der Waals surface area contributed by atoms with E-state index in [-0.39, 0.29) is 5.84 Å². The summed E-state index contributed by atoms with van der Waals surface area (Å²) in [7, 11) is 3.52. The Balaban J connectivity index is 2.59. The first-order valence-corrected chi connectivity index (χ1v) is 7.02. The Bertz CT molecular complexity index is 674. The van der Waals surface area contributed by atoms with Crippen LogP contribution >= 0.6 is 15.9 Å². The molecule has 0 atom stereocenters. The zero-order valence-corrected chi connectivity index (χ0v) is 13.3. The van der Waals surface area contributed by atoms with Gasteiger partial charge in [-0.25, -0.2) is 0 Å². The van der Waals surface area contributed by atoms with Crippen LogP contribution in [-0.4, -0.2) is 25.2 Å². The third kappa shape index (κ3) is 2.95. The average molecular weight is 350 g/mol. The van der Waals surface area contributed by atoms with Gasteiger partial charge in [-0.1, -0.05) is 23.4 Å². The largest absolute Gasteiger partial charge is 0.495 e. The highest BCUT2D eigenvalue weighted by Gasteiger charge is 2.17. The number of anilines is 2. The molecule has 0 spiro atoms. The van der Waals surface area contributed by atoms with Crippen LogP contribution in [-0.2, 0) is 0 Å². The summed E-state index contributed by atoms with van der Waals surface area (Å²) in [5.74, 6) is 0.782. The van der Waals surface area contributed by atoms with Gasteiger partial charge in [-0.15, -0.1) is 0 Å². The van der Waals surface area contributed by atoms with Crippen molar-refractivity contribution < 1.29 is 9.94 Å². The van der Waals surface area contributed by atoms with Crippen LogP contribution in [0.3, 0.4) is 0 Å². The molecule has 0 aliphatic rings. The lowest BCUT2D eigenvalue weighted by Crippen LogP contribution is -2.20. The monoisotopic (exact) mass is 349 g/mol. The highest BCUT2D eigenvalue weighted by molar-refractivity contribution is 9.10. The molecule has 0 saturated heterocycles. The minimum Gasteiger partial charge on any atom is -0.495 e. The van der Waals surface area contributed by atoms with Gasteiger partial charge in [0.05, 0.1) is 24.0 Å². The number of oxime groups is 1. The summed E-state index contributed by atoms with van der Waals surface area (Å²) in [6.45, 7) is 0. The second kappa shape index (κ2) is 6.49. The van der Waals surface area contributed by atoms with Crippen molar-refractivity contribution in [3.8, 4) is 5.75 Å². The third-order valence-electron chi connectivity index (χ3n) is 3.16. The topological polar surface area (TPSA) is 71.1 Å². The van der Waals surface area contributed by atoms with E-state index in [1.807, 2.05) is 54.4 Å². The van der Waals surface area contributed by atoms with E-state index in [9.17, 15) is 0 Å². The Labute approximate surface area is 131 Å². The number of methoxy groups -OCH3 is 1. The highest BCUT2D eigenvalue weighted by atomic mass is 79.9.